The second-order valence-electron chi connectivity index (χ2n) is 5.01. The predicted octanol–water partition coefficient (Wildman–Crippen LogP) is 2.94. The van der Waals surface area contributed by atoms with Crippen molar-refractivity contribution in [3.05, 3.63) is 28.8 Å². The van der Waals surface area contributed by atoms with Gasteiger partial charge < -0.3 is 19.7 Å². The van der Waals surface area contributed by atoms with Gasteiger partial charge in [-0.1, -0.05) is 23.7 Å². The number of nitrogens with one attached hydrogen (secondary N) is 1. The Balaban J connectivity index is 2.91. The summed E-state index contributed by atoms with van der Waals surface area (Å²) in [5, 5.41) is 4.16. The van der Waals surface area contributed by atoms with Crippen molar-refractivity contribution in [3.63, 3.8) is 0 Å². The summed E-state index contributed by atoms with van der Waals surface area (Å²) in [7, 11) is 3.43. The van der Waals surface area contributed by atoms with Gasteiger partial charge in [-0.25, -0.2) is 0 Å². The molecule has 0 fully saturated rings. The summed E-state index contributed by atoms with van der Waals surface area (Å²) in [5.41, 5.74) is 2.29. The topological polar surface area (TPSA) is 33.7 Å². The molecule has 0 saturated heterocycles. The van der Waals surface area contributed by atoms with Crippen LogP contribution in [-0.4, -0.2) is 46.6 Å². The highest BCUT2D eigenvalue weighted by atomic mass is 35.5. The summed E-state index contributed by atoms with van der Waals surface area (Å²) in [6.45, 7) is 8.15. The maximum atomic E-state index is 6.45. The number of rotatable bonds is 10. The standard InChI is InChI=1S/C16H27ClN2O2/c1-5-19(13(2)12-21-4)16-14(7-6-8-15(16)17)11-18-9-10-20-3/h6-8,13,18H,5,9-12H2,1-4H3. The molecule has 1 rings (SSSR count). The van der Waals surface area contributed by atoms with Gasteiger partial charge in [-0.2, -0.15) is 0 Å². The predicted molar refractivity (Wildman–Crippen MR) is 89.4 cm³/mol. The number of methoxy groups -OCH3 is 2. The second kappa shape index (κ2) is 10.0. The average Bonchev–Trinajstić information content (AvgIpc) is 2.47. The van der Waals surface area contributed by atoms with Crippen molar-refractivity contribution in [2.45, 2.75) is 26.4 Å². The Morgan fingerprint density at radius 1 is 1.29 bits per heavy atom. The van der Waals surface area contributed by atoms with E-state index in [1.54, 1.807) is 14.2 Å². The molecule has 5 heteroatoms. The normalized spacial score (nSPS) is 12.4. The van der Waals surface area contributed by atoms with E-state index in [-0.39, 0.29) is 6.04 Å². The molecule has 21 heavy (non-hydrogen) atoms. The Morgan fingerprint density at radius 3 is 2.67 bits per heavy atom. The molecule has 0 radical (unpaired) electrons. The van der Waals surface area contributed by atoms with Crippen molar-refractivity contribution in [3.8, 4) is 0 Å². The van der Waals surface area contributed by atoms with Crippen LogP contribution in [0.4, 0.5) is 5.69 Å². The van der Waals surface area contributed by atoms with Crippen molar-refractivity contribution in [2.75, 3.05) is 45.4 Å². The number of halogens is 1. The summed E-state index contributed by atoms with van der Waals surface area (Å²) in [6.07, 6.45) is 0. The average molecular weight is 315 g/mol. The first kappa shape index (κ1) is 18.2. The van der Waals surface area contributed by atoms with Gasteiger partial charge in [-0.05, 0) is 25.5 Å². The number of likely N-dealkylation sites (N-methyl/N-ethyl adjacent to an activating group) is 1. The van der Waals surface area contributed by atoms with Crippen LogP contribution in [0.25, 0.3) is 0 Å². The SMILES string of the molecule is CCN(c1c(Cl)cccc1CNCCOC)C(C)COC. The minimum Gasteiger partial charge on any atom is -0.383 e. The molecule has 0 bridgehead atoms. The summed E-state index contributed by atoms with van der Waals surface area (Å²) in [5.74, 6) is 0. The number of hydrogen-bond donors (Lipinski definition) is 1. The van der Waals surface area contributed by atoms with Crippen LogP contribution in [-0.2, 0) is 16.0 Å². The minimum atomic E-state index is 0.276. The van der Waals surface area contributed by atoms with Crippen molar-refractivity contribution < 1.29 is 9.47 Å². The van der Waals surface area contributed by atoms with Crippen LogP contribution in [0.2, 0.25) is 5.02 Å². The van der Waals surface area contributed by atoms with Crippen LogP contribution in [0.1, 0.15) is 19.4 Å². The molecule has 0 aliphatic carbocycles. The van der Waals surface area contributed by atoms with Gasteiger partial charge in [-0.15, -0.1) is 0 Å². The lowest BCUT2D eigenvalue weighted by Gasteiger charge is -2.32. The Morgan fingerprint density at radius 2 is 2.05 bits per heavy atom. The van der Waals surface area contributed by atoms with E-state index in [2.05, 4.69) is 30.1 Å². The highest BCUT2D eigenvalue weighted by Crippen LogP contribution is 2.31. The Kier molecular flexibility index (Phi) is 8.69. The largest absolute Gasteiger partial charge is 0.383 e. The first-order valence-corrected chi connectivity index (χ1v) is 7.76. The van der Waals surface area contributed by atoms with E-state index < -0.39 is 0 Å². The third-order valence-electron chi connectivity index (χ3n) is 3.44. The maximum Gasteiger partial charge on any atom is 0.0663 e. The second-order valence-corrected chi connectivity index (χ2v) is 5.41. The minimum absolute atomic E-state index is 0.276. The van der Waals surface area contributed by atoms with Gasteiger partial charge >= 0.3 is 0 Å². The van der Waals surface area contributed by atoms with E-state index in [0.29, 0.717) is 13.2 Å². The van der Waals surface area contributed by atoms with E-state index >= 15 is 0 Å². The van der Waals surface area contributed by atoms with E-state index in [0.717, 1.165) is 30.3 Å². The molecule has 1 unspecified atom stereocenters. The molecule has 1 aromatic rings. The molecule has 1 N–H and O–H groups in total. The summed E-state index contributed by atoms with van der Waals surface area (Å²) in [4.78, 5) is 2.29. The zero-order chi connectivity index (χ0) is 15.7. The van der Waals surface area contributed by atoms with E-state index in [4.69, 9.17) is 21.1 Å². The molecular formula is C16H27ClN2O2. The van der Waals surface area contributed by atoms with Crippen molar-refractivity contribution in [2.24, 2.45) is 0 Å². The smallest absolute Gasteiger partial charge is 0.0663 e. The number of hydrogen-bond acceptors (Lipinski definition) is 4. The number of para-hydroxylation sites is 1. The van der Waals surface area contributed by atoms with E-state index in [9.17, 15) is 0 Å². The zero-order valence-corrected chi connectivity index (χ0v) is 14.2. The quantitative estimate of drug-likeness (QED) is 0.673. The molecule has 0 aliphatic heterocycles. The summed E-state index contributed by atoms with van der Waals surface area (Å²) >= 11 is 6.45. The monoisotopic (exact) mass is 314 g/mol. The maximum absolute atomic E-state index is 6.45. The van der Waals surface area contributed by atoms with Gasteiger partial charge in [-0.3, -0.25) is 0 Å². The fourth-order valence-electron chi connectivity index (χ4n) is 2.44. The molecule has 0 aliphatic rings. The molecule has 1 atom stereocenters. The molecule has 1 aromatic carbocycles. The highest BCUT2D eigenvalue weighted by Gasteiger charge is 2.18. The Bertz CT molecular complexity index is 415. The number of benzene rings is 1. The first-order chi connectivity index (χ1) is 10.2. The van der Waals surface area contributed by atoms with Gasteiger partial charge in [0.2, 0.25) is 0 Å². The Labute approximate surface area is 133 Å². The van der Waals surface area contributed by atoms with Crippen LogP contribution in [0.15, 0.2) is 18.2 Å². The van der Waals surface area contributed by atoms with Gasteiger partial charge in [0.15, 0.2) is 0 Å². The zero-order valence-electron chi connectivity index (χ0n) is 13.5. The summed E-state index contributed by atoms with van der Waals surface area (Å²) in [6, 6.07) is 6.33. The van der Waals surface area contributed by atoms with Crippen LogP contribution in [0, 0.1) is 0 Å². The fraction of sp³-hybridized carbons (Fsp3) is 0.625. The van der Waals surface area contributed by atoms with Gasteiger partial charge in [0.25, 0.3) is 0 Å². The molecule has 4 nitrogen and oxygen atoms in total. The van der Waals surface area contributed by atoms with E-state index in [1.165, 1.54) is 5.56 Å². The van der Waals surface area contributed by atoms with Crippen molar-refractivity contribution in [1.29, 1.82) is 0 Å². The highest BCUT2D eigenvalue weighted by molar-refractivity contribution is 6.33. The third-order valence-corrected chi connectivity index (χ3v) is 3.74. The van der Waals surface area contributed by atoms with E-state index in [1.807, 2.05) is 12.1 Å². The van der Waals surface area contributed by atoms with Crippen molar-refractivity contribution >= 4 is 17.3 Å². The molecule has 120 valence electrons. The number of nitrogens with zero attached hydrogens (tertiary/aromatic N) is 1. The van der Waals surface area contributed by atoms with Crippen LogP contribution in [0.3, 0.4) is 0 Å². The first-order valence-electron chi connectivity index (χ1n) is 7.38. The molecule has 0 spiro atoms. The van der Waals surface area contributed by atoms with Gasteiger partial charge in [0.05, 0.1) is 23.9 Å². The summed E-state index contributed by atoms with van der Waals surface area (Å²) < 4.78 is 10.3. The fourth-order valence-corrected chi connectivity index (χ4v) is 2.75. The van der Waals surface area contributed by atoms with Crippen LogP contribution in [0.5, 0.6) is 0 Å². The van der Waals surface area contributed by atoms with Crippen LogP contribution >= 0.6 is 11.6 Å². The Hall–Kier alpha value is -0.810. The molecule has 0 amide bonds. The number of anilines is 1. The van der Waals surface area contributed by atoms with Crippen molar-refractivity contribution in [1.82, 2.24) is 5.32 Å². The molecular weight excluding hydrogens is 288 g/mol. The van der Waals surface area contributed by atoms with Gasteiger partial charge in [0.1, 0.15) is 0 Å². The lowest BCUT2D eigenvalue weighted by molar-refractivity contribution is 0.182. The van der Waals surface area contributed by atoms with Crippen LogP contribution < -0.4 is 10.2 Å². The molecule has 0 heterocycles. The molecule has 0 aromatic heterocycles. The lowest BCUT2D eigenvalue weighted by Crippen LogP contribution is -2.37. The van der Waals surface area contributed by atoms with Gasteiger partial charge in [0, 0.05) is 39.9 Å². The number of ether oxygens (including phenoxy) is 2. The molecule has 0 saturated carbocycles. The lowest BCUT2D eigenvalue weighted by atomic mass is 10.1. The third kappa shape index (κ3) is 5.47.